The highest BCUT2D eigenvalue weighted by molar-refractivity contribution is 6.03. The van der Waals surface area contributed by atoms with Crippen LogP contribution in [0.2, 0.25) is 0 Å². The molecule has 0 radical (unpaired) electrons. The molecular formula is C17H17N3O4. The lowest BCUT2D eigenvalue weighted by atomic mass is 10.2. The Balaban J connectivity index is 1.88. The van der Waals surface area contributed by atoms with Crippen molar-refractivity contribution >= 4 is 23.2 Å². The van der Waals surface area contributed by atoms with E-state index in [1.807, 2.05) is 0 Å². The van der Waals surface area contributed by atoms with Crippen LogP contribution in [0.5, 0.6) is 5.75 Å². The van der Waals surface area contributed by atoms with Gasteiger partial charge in [-0.3, -0.25) is 9.59 Å². The summed E-state index contributed by atoms with van der Waals surface area (Å²) in [5.74, 6) is 0.0635. The van der Waals surface area contributed by atoms with Gasteiger partial charge in [0.15, 0.2) is 6.20 Å². The third kappa shape index (κ3) is 3.01. The summed E-state index contributed by atoms with van der Waals surface area (Å²) in [6, 6.07) is 9.64. The minimum atomic E-state index is -0.519. The highest BCUT2D eigenvalue weighted by Crippen LogP contribution is 2.34. The molecule has 7 heteroatoms. The summed E-state index contributed by atoms with van der Waals surface area (Å²) in [4.78, 5) is 25.9. The number of hydrogen-bond acceptors (Lipinski definition) is 4. The fourth-order valence-electron chi connectivity index (χ4n) is 2.68. The Bertz CT molecular complexity index is 791. The molecule has 2 heterocycles. The van der Waals surface area contributed by atoms with E-state index in [-0.39, 0.29) is 11.6 Å². The number of methoxy groups -OCH3 is 1. The van der Waals surface area contributed by atoms with Gasteiger partial charge in [-0.05, 0) is 30.7 Å². The average molecular weight is 327 g/mol. The number of nitrogens with zero attached hydrogens (tertiary/aromatic N) is 2. The van der Waals surface area contributed by atoms with Gasteiger partial charge in [-0.1, -0.05) is 0 Å². The fourth-order valence-corrected chi connectivity index (χ4v) is 2.68. The lowest BCUT2D eigenvalue weighted by Gasteiger charge is -2.20. The zero-order valence-corrected chi connectivity index (χ0v) is 13.2. The second-order valence-electron chi connectivity index (χ2n) is 5.40. The molecule has 1 aliphatic heterocycles. The van der Waals surface area contributed by atoms with Crippen LogP contribution in [0, 0.1) is 5.21 Å². The zero-order chi connectivity index (χ0) is 17.1. The number of carbonyl (C=O) groups excluding carboxylic acids is 2. The summed E-state index contributed by atoms with van der Waals surface area (Å²) in [7, 11) is 1.53. The van der Waals surface area contributed by atoms with Crippen LogP contribution in [0.15, 0.2) is 42.6 Å². The Hall–Kier alpha value is -3.09. The van der Waals surface area contributed by atoms with Gasteiger partial charge in [0, 0.05) is 30.8 Å². The maximum atomic E-state index is 12.2. The highest BCUT2D eigenvalue weighted by Gasteiger charge is 2.25. The molecule has 24 heavy (non-hydrogen) atoms. The normalized spacial score (nSPS) is 13.9. The Kier molecular flexibility index (Phi) is 4.33. The van der Waals surface area contributed by atoms with Crippen molar-refractivity contribution in [1.29, 1.82) is 0 Å². The lowest BCUT2D eigenvalue weighted by Crippen LogP contribution is -2.36. The molecule has 1 N–H and O–H groups in total. The van der Waals surface area contributed by atoms with Gasteiger partial charge in [0.1, 0.15) is 5.75 Å². The lowest BCUT2D eigenvalue weighted by molar-refractivity contribution is -0.607. The van der Waals surface area contributed by atoms with Gasteiger partial charge in [-0.15, -0.1) is 0 Å². The van der Waals surface area contributed by atoms with Gasteiger partial charge in [-0.2, -0.15) is 4.73 Å². The van der Waals surface area contributed by atoms with Crippen molar-refractivity contribution in [3.63, 3.8) is 0 Å². The molecule has 0 unspecified atom stereocenters. The Morgan fingerprint density at radius 2 is 2.17 bits per heavy atom. The summed E-state index contributed by atoms with van der Waals surface area (Å²) in [5.41, 5.74) is 1.09. The number of anilines is 2. The number of nitrogens with one attached hydrogen (secondary N) is 1. The van der Waals surface area contributed by atoms with Crippen LogP contribution in [0.4, 0.5) is 11.4 Å². The molecule has 1 aliphatic rings. The van der Waals surface area contributed by atoms with Gasteiger partial charge < -0.3 is 20.2 Å². The molecule has 1 aromatic carbocycles. The second-order valence-corrected chi connectivity index (χ2v) is 5.40. The topological polar surface area (TPSA) is 85.6 Å². The van der Waals surface area contributed by atoms with Crippen LogP contribution in [0.25, 0.3) is 0 Å². The van der Waals surface area contributed by atoms with E-state index in [2.05, 4.69) is 5.32 Å². The molecule has 0 aliphatic carbocycles. The summed E-state index contributed by atoms with van der Waals surface area (Å²) < 4.78 is 5.81. The molecule has 7 nitrogen and oxygen atoms in total. The van der Waals surface area contributed by atoms with E-state index in [9.17, 15) is 14.8 Å². The van der Waals surface area contributed by atoms with Crippen molar-refractivity contribution in [2.75, 3.05) is 23.9 Å². The van der Waals surface area contributed by atoms with E-state index in [4.69, 9.17) is 4.74 Å². The summed E-state index contributed by atoms with van der Waals surface area (Å²) in [5, 5.41) is 14.3. The molecule has 1 fully saturated rings. The molecule has 2 amide bonds. The van der Waals surface area contributed by atoms with Crippen molar-refractivity contribution in [2.45, 2.75) is 12.8 Å². The first-order chi connectivity index (χ1) is 11.6. The predicted octanol–water partition coefficient (Wildman–Crippen LogP) is 1.71. The van der Waals surface area contributed by atoms with E-state index in [1.54, 1.807) is 35.2 Å². The number of carbonyl (C=O) groups is 2. The molecule has 0 saturated carbocycles. The minimum absolute atomic E-state index is 0.00730. The number of rotatable bonds is 4. The van der Waals surface area contributed by atoms with Crippen molar-refractivity contribution in [1.82, 2.24) is 0 Å². The minimum Gasteiger partial charge on any atom is -0.618 e. The maximum Gasteiger partial charge on any atom is 0.321 e. The largest absolute Gasteiger partial charge is 0.618 e. The van der Waals surface area contributed by atoms with Crippen molar-refractivity contribution in [3.05, 3.63) is 53.5 Å². The number of hydrogen-bond donors (Lipinski definition) is 1. The number of benzene rings is 1. The number of ether oxygens (including phenoxy) is 1. The summed E-state index contributed by atoms with van der Waals surface area (Å²) in [6.07, 6.45) is 2.55. The molecule has 3 rings (SSSR count). The van der Waals surface area contributed by atoms with Crippen LogP contribution in [0.1, 0.15) is 23.3 Å². The first-order valence-electron chi connectivity index (χ1n) is 7.58. The SMILES string of the molecule is COc1ccc(NC(=O)c2cccc[n+]2[O-])cc1N1CCCC1=O. The molecule has 124 valence electrons. The van der Waals surface area contributed by atoms with Crippen LogP contribution in [-0.2, 0) is 4.79 Å². The number of amides is 2. The van der Waals surface area contributed by atoms with Crippen LogP contribution in [0.3, 0.4) is 0 Å². The van der Waals surface area contributed by atoms with Gasteiger partial charge in [0.2, 0.25) is 5.91 Å². The van der Waals surface area contributed by atoms with E-state index >= 15 is 0 Å². The van der Waals surface area contributed by atoms with Gasteiger partial charge in [-0.25, -0.2) is 0 Å². The second kappa shape index (κ2) is 6.57. The molecule has 1 saturated heterocycles. The first-order valence-corrected chi connectivity index (χ1v) is 7.58. The molecule has 0 spiro atoms. The van der Waals surface area contributed by atoms with Crippen LogP contribution >= 0.6 is 0 Å². The van der Waals surface area contributed by atoms with E-state index < -0.39 is 5.91 Å². The molecule has 2 aromatic rings. The monoisotopic (exact) mass is 327 g/mol. The fraction of sp³-hybridized carbons (Fsp3) is 0.235. The molecule has 1 aromatic heterocycles. The third-order valence-electron chi connectivity index (χ3n) is 3.86. The number of pyridine rings is 1. The smallest absolute Gasteiger partial charge is 0.321 e. The van der Waals surface area contributed by atoms with E-state index in [0.29, 0.717) is 34.8 Å². The average Bonchev–Trinajstić information content (AvgIpc) is 3.01. The zero-order valence-electron chi connectivity index (χ0n) is 13.2. The summed E-state index contributed by atoms with van der Waals surface area (Å²) in [6.45, 7) is 0.617. The van der Waals surface area contributed by atoms with Gasteiger partial charge >= 0.3 is 5.91 Å². The van der Waals surface area contributed by atoms with Crippen LogP contribution in [-0.4, -0.2) is 25.5 Å². The predicted molar refractivity (Wildman–Crippen MR) is 87.9 cm³/mol. The first kappa shape index (κ1) is 15.8. The summed E-state index contributed by atoms with van der Waals surface area (Å²) >= 11 is 0. The standard InChI is InChI=1S/C17H17N3O4/c1-24-15-8-7-12(11-14(15)19-9-4-6-16(19)21)18-17(22)13-5-2-3-10-20(13)23/h2-3,5,7-8,10-11H,4,6,9H2,1H3,(H,18,22). The van der Waals surface area contributed by atoms with Crippen molar-refractivity contribution < 1.29 is 19.1 Å². The van der Waals surface area contributed by atoms with E-state index in [1.165, 1.54) is 19.4 Å². The Labute approximate surface area is 139 Å². The highest BCUT2D eigenvalue weighted by atomic mass is 16.5. The Morgan fingerprint density at radius 3 is 2.83 bits per heavy atom. The van der Waals surface area contributed by atoms with Gasteiger partial charge in [0.05, 0.1) is 12.8 Å². The van der Waals surface area contributed by atoms with Crippen molar-refractivity contribution in [2.24, 2.45) is 0 Å². The Morgan fingerprint density at radius 1 is 1.33 bits per heavy atom. The third-order valence-corrected chi connectivity index (χ3v) is 3.86. The molecule has 0 atom stereocenters. The molecular weight excluding hydrogens is 310 g/mol. The van der Waals surface area contributed by atoms with Gasteiger partial charge in [0.25, 0.3) is 5.69 Å². The maximum absolute atomic E-state index is 12.2. The quantitative estimate of drug-likeness (QED) is 0.684. The molecule has 0 bridgehead atoms. The van der Waals surface area contributed by atoms with E-state index in [0.717, 1.165) is 6.42 Å². The van der Waals surface area contributed by atoms with Crippen molar-refractivity contribution in [3.8, 4) is 5.75 Å². The number of aromatic nitrogens is 1. The van der Waals surface area contributed by atoms with Crippen LogP contribution < -0.4 is 19.7 Å².